The van der Waals surface area contributed by atoms with Gasteiger partial charge in [0, 0.05) is 61.9 Å². The number of imidazole rings is 1. The third-order valence-corrected chi connectivity index (χ3v) is 5.06. The number of hydrogen-bond donors (Lipinski definition) is 0. The van der Waals surface area contributed by atoms with Crippen LogP contribution in [-0.4, -0.2) is 51.4 Å². The van der Waals surface area contributed by atoms with Gasteiger partial charge in [0.15, 0.2) is 0 Å². The van der Waals surface area contributed by atoms with E-state index in [0.717, 1.165) is 43.2 Å². The number of fused-ring (bicyclic) bond motifs is 1. The highest BCUT2D eigenvalue weighted by molar-refractivity contribution is 5.94. The molecule has 0 atom stereocenters. The number of amides is 1. The zero-order chi connectivity index (χ0) is 19.0. The SMILES string of the molecule is CC(C)(C)c1cn2cc(N3CCN(C(=O)c4ccncc4)CC3)ccc2n1. The van der Waals surface area contributed by atoms with Crippen molar-refractivity contribution in [1.29, 1.82) is 0 Å². The molecule has 1 aliphatic rings. The van der Waals surface area contributed by atoms with Crippen molar-refractivity contribution in [3.63, 3.8) is 0 Å². The largest absolute Gasteiger partial charge is 0.367 e. The first-order chi connectivity index (χ1) is 12.9. The molecule has 1 saturated heterocycles. The maximum Gasteiger partial charge on any atom is 0.254 e. The number of rotatable bonds is 2. The zero-order valence-corrected chi connectivity index (χ0v) is 16.1. The lowest BCUT2D eigenvalue weighted by Crippen LogP contribution is -2.48. The molecule has 0 radical (unpaired) electrons. The van der Waals surface area contributed by atoms with Crippen molar-refractivity contribution in [2.75, 3.05) is 31.1 Å². The molecule has 0 saturated carbocycles. The van der Waals surface area contributed by atoms with Gasteiger partial charge in [0.05, 0.1) is 11.4 Å². The number of piperazine rings is 1. The molecule has 6 nitrogen and oxygen atoms in total. The number of hydrogen-bond acceptors (Lipinski definition) is 4. The second kappa shape index (κ2) is 6.68. The van der Waals surface area contributed by atoms with Gasteiger partial charge in [-0.05, 0) is 24.3 Å². The second-order valence-corrected chi connectivity index (χ2v) is 8.04. The van der Waals surface area contributed by atoms with Gasteiger partial charge in [-0.1, -0.05) is 20.8 Å². The minimum atomic E-state index is 0.0329. The lowest BCUT2D eigenvalue weighted by atomic mass is 9.93. The molecule has 0 unspecified atom stereocenters. The fourth-order valence-corrected chi connectivity index (χ4v) is 3.37. The fourth-order valence-electron chi connectivity index (χ4n) is 3.37. The Hall–Kier alpha value is -2.89. The first-order valence-electron chi connectivity index (χ1n) is 9.35. The van der Waals surface area contributed by atoms with E-state index in [1.807, 2.05) is 4.90 Å². The summed E-state index contributed by atoms with van der Waals surface area (Å²) in [6.45, 7) is 9.61. The van der Waals surface area contributed by atoms with E-state index in [9.17, 15) is 4.79 Å². The van der Waals surface area contributed by atoms with Crippen LogP contribution in [0.4, 0.5) is 5.69 Å². The number of pyridine rings is 2. The topological polar surface area (TPSA) is 53.7 Å². The maximum atomic E-state index is 12.6. The summed E-state index contributed by atoms with van der Waals surface area (Å²) in [6.07, 6.45) is 7.57. The van der Waals surface area contributed by atoms with Crippen LogP contribution in [-0.2, 0) is 5.41 Å². The van der Waals surface area contributed by atoms with Crippen molar-refractivity contribution >= 4 is 17.2 Å². The van der Waals surface area contributed by atoms with Gasteiger partial charge in [-0.3, -0.25) is 9.78 Å². The van der Waals surface area contributed by atoms with E-state index in [1.54, 1.807) is 24.5 Å². The molecular weight excluding hydrogens is 338 g/mol. The molecule has 3 aromatic heterocycles. The number of carbonyl (C=O) groups is 1. The van der Waals surface area contributed by atoms with Crippen LogP contribution < -0.4 is 4.90 Å². The van der Waals surface area contributed by atoms with E-state index in [1.165, 1.54) is 0 Å². The monoisotopic (exact) mass is 363 g/mol. The predicted molar refractivity (Wildman–Crippen MR) is 106 cm³/mol. The highest BCUT2D eigenvalue weighted by Gasteiger charge is 2.23. The molecule has 1 fully saturated rings. The summed E-state index contributed by atoms with van der Waals surface area (Å²) in [6, 6.07) is 7.73. The van der Waals surface area contributed by atoms with Crippen LogP contribution >= 0.6 is 0 Å². The zero-order valence-electron chi connectivity index (χ0n) is 16.1. The van der Waals surface area contributed by atoms with Crippen LogP contribution in [0.5, 0.6) is 0 Å². The van der Waals surface area contributed by atoms with Crippen LogP contribution in [0.15, 0.2) is 49.1 Å². The number of nitrogens with zero attached hydrogens (tertiary/aromatic N) is 5. The van der Waals surface area contributed by atoms with Crippen molar-refractivity contribution in [3.8, 4) is 0 Å². The highest BCUT2D eigenvalue weighted by atomic mass is 16.2. The standard InChI is InChI=1S/C21H25N5O/c1-21(2,3)18-15-26-14-17(4-5-19(26)23-18)24-10-12-25(13-11-24)20(27)16-6-8-22-9-7-16/h4-9,14-15H,10-13H2,1-3H3. The third-order valence-electron chi connectivity index (χ3n) is 5.06. The van der Waals surface area contributed by atoms with Crippen LogP contribution in [0.1, 0.15) is 36.8 Å². The molecule has 1 aliphatic heterocycles. The normalized spacial score (nSPS) is 15.4. The van der Waals surface area contributed by atoms with Gasteiger partial charge in [0.1, 0.15) is 5.65 Å². The molecule has 3 aromatic rings. The Morgan fingerprint density at radius 1 is 0.963 bits per heavy atom. The third kappa shape index (κ3) is 3.52. The molecular formula is C21H25N5O. The van der Waals surface area contributed by atoms with Crippen LogP contribution in [0.2, 0.25) is 0 Å². The molecule has 140 valence electrons. The van der Waals surface area contributed by atoms with Crippen LogP contribution in [0, 0.1) is 0 Å². The van der Waals surface area contributed by atoms with Crippen molar-refractivity contribution in [2.24, 2.45) is 0 Å². The van der Waals surface area contributed by atoms with E-state index >= 15 is 0 Å². The van der Waals surface area contributed by atoms with E-state index < -0.39 is 0 Å². The van der Waals surface area contributed by atoms with Gasteiger partial charge in [-0.2, -0.15) is 0 Å². The Morgan fingerprint density at radius 3 is 2.33 bits per heavy atom. The lowest BCUT2D eigenvalue weighted by Gasteiger charge is -2.36. The summed E-state index contributed by atoms with van der Waals surface area (Å²) in [7, 11) is 0. The number of aromatic nitrogens is 3. The number of carbonyl (C=O) groups excluding carboxylic acids is 1. The second-order valence-electron chi connectivity index (χ2n) is 8.04. The van der Waals surface area contributed by atoms with E-state index in [2.05, 4.69) is 59.6 Å². The van der Waals surface area contributed by atoms with Gasteiger partial charge in [-0.15, -0.1) is 0 Å². The van der Waals surface area contributed by atoms with Gasteiger partial charge >= 0.3 is 0 Å². The minimum Gasteiger partial charge on any atom is -0.367 e. The average Bonchev–Trinajstić information content (AvgIpc) is 3.12. The van der Waals surface area contributed by atoms with Gasteiger partial charge in [-0.25, -0.2) is 4.98 Å². The van der Waals surface area contributed by atoms with Crippen LogP contribution in [0.3, 0.4) is 0 Å². The molecule has 0 bridgehead atoms. The molecule has 0 aliphatic carbocycles. The lowest BCUT2D eigenvalue weighted by molar-refractivity contribution is 0.0746. The van der Waals surface area contributed by atoms with E-state index in [0.29, 0.717) is 5.56 Å². The molecule has 27 heavy (non-hydrogen) atoms. The molecule has 1 amide bonds. The van der Waals surface area contributed by atoms with Crippen molar-refractivity contribution in [1.82, 2.24) is 19.3 Å². The smallest absolute Gasteiger partial charge is 0.254 e. The Morgan fingerprint density at radius 2 is 1.67 bits per heavy atom. The Kier molecular flexibility index (Phi) is 4.34. The summed E-state index contributed by atoms with van der Waals surface area (Å²) in [5, 5.41) is 0. The van der Waals surface area contributed by atoms with Gasteiger partial charge < -0.3 is 14.2 Å². The van der Waals surface area contributed by atoms with Crippen LogP contribution in [0.25, 0.3) is 5.65 Å². The molecule has 6 heteroatoms. The summed E-state index contributed by atoms with van der Waals surface area (Å²) in [4.78, 5) is 25.5. The van der Waals surface area contributed by atoms with Crippen molar-refractivity contribution < 1.29 is 4.79 Å². The molecule has 4 heterocycles. The van der Waals surface area contributed by atoms with Crippen molar-refractivity contribution in [2.45, 2.75) is 26.2 Å². The average molecular weight is 363 g/mol. The van der Waals surface area contributed by atoms with Gasteiger partial charge in [0.2, 0.25) is 0 Å². The summed E-state index contributed by atoms with van der Waals surface area (Å²) >= 11 is 0. The molecule has 0 N–H and O–H groups in total. The summed E-state index contributed by atoms with van der Waals surface area (Å²) < 4.78 is 2.10. The maximum absolute atomic E-state index is 12.6. The quantitative estimate of drug-likeness (QED) is 0.702. The fraction of sp³-hybridized carbons (Fsp3) is 0.381. The Labute approximate surface area is 159 Å². The first-order valence-corrected chi connectivity index (χ1v) is 9.35. The Balaban J connectivity index is 1.47. The first kappa shape index (κ1) is 17.5. The highest BCUT2D eigenvalue weighted by Crippen LogP contribution is 2.24. The number of anilines is 1. The van der Waals surface area contributed by atoms with E-state index in [-0.39, 0.29) is 11.3 Å². The molecule has 0 aromatic carbocycles. The van der Waals surface area contributed by atoms with Crippen molar-refractivity contribution in [3.05, 3.63) is 60.3 Å². The molecule has 0 spiro atoms. The minimum absolute atomic E-state index is 0.0329. The molecule has 4 rings (SSSR count). The summed E-state index contributed by atoms with van der Waals surface area (Å²) in [5.74, 6) is 0.0805. The van der Waals surface area contributed by atoms with Gasteiger partial charge in [0.25, 0.3) is 5.91 Å². The predicted octanol–water partition coefficient (Wildman–Crippen LogP) is 2.99. The Bertz CT molecular complexity index is 950. The summed E-state index contributed by atoms with van der Waals surface area (Å²) in [5.41, 5.74) is 3.96. The van der Waals surface area contributed by atoms with E-state index in [4.69, 9.17) is 4.98 Å².